The lowest BCUT2D eigenvalue weighted by molar-refractivity contribution is -0.138. The number of benzene rings is 1. The van der Waals surface area contributed by atoms with Gasteiger partial charge in [-0.15, -0.1) is 24.0 Å². The summed E-state index contributed by atoms with van der Waals surface area (Å²) in [6.07, 6.45) is 4.83. The summed E-state index contributed by atoms with van der Waals surface area (Å²) in [5.41, 5.74) is 1.71. The molecular formula is C21H33IN6O. The van der Waals surface area contributed by atoms with Crippen molar-refractivity contribution in [2.45, 2.75) is 39.0 Å². The van der Waals surface area contributed by atoms with Crippen molar-refractivity contribution < 1.29 is 4.79 Å². The second kappa shape index (κ2) is 10.8. The Morgan fingerprint density at radius 3 is 2.62 bits per heavy atom. The molecule has 3 N–H and O–H groups in total. The first-order valence-electron chi connectivity index (χ1n) is 10.2. The summed E-state index contributed by atoms with van der Waals surface area (Å²) in [5, 5.41) is 6.66. The van der Waals surface area contributed by atoms with Gasteiger partial charge in [0.1, 0.15) is 5.82 Å². The highest BCUT2D eigenvalue weighted by atomic mass is 127. The summed E-state index contributed by atoms with van der Waals surface area (Å²) in [5.74, 6) is 1.92. The van der Waals surface area contributed by atoms with E-state index < -0.39 is 0 Å². The van der Waals surface area contributed by atoms with Gasteiger partial charge in [0.25, 0.3) is 0 Å². The third-order valence-electron chi connectivity index (χ3n) is 5.40. The summed E-state index contributed by atoms with van der Waals surface area (Å²) in [7, 11) is 3.67. The maximum absolute atomic E-state index is 12.7. The van der Waals surface area contributed by atoms with Crippen molar-refractivity contribution in [3.05, 3.63) is 30.1 Å². The number of imidazole rings is 1. The lowest BCUT2D eigenvalue weighted by Gasteiger charge is -2.29. The molecule has 1 aromatic carbocycles. The summed E-state index contributed by atoms with van der Waals surface area (Å²) in [4.78, 5) is 27.2. The fourth-order valence-electron chi connectivity index (χ4n) is 3.96. The van der Waals surface area contributed by atoms with Crippen LogP contribution in [0, 0.1) is 5.41 Å². The van der Waals surface area contributed by atoms with Crippen LogP contribution in [0.25, 0.3) is 11.0 Å². The Morgan fingerprint density at radius 2 is 1.97 bits per heavy atom. The van der Waals surface area contributed by atoms with Gasteiger partial charge in [-0.2, -0.15) is 0 Å². The number of aromatic nitrogens is 2. The molecule has 3 rings (SSSR count). The number of aliphatic imine (C=N–C) groups is 1. The maximum Gasteiger partial charge on any atom is 0.230 e. The molecule has 8 heteroatoms. The predicted octanol–water partition coefficient (Wildman–Crippen LogP) is 2.93. The first kappa shape index (κ1) is 23.4. The highest BCUT2D eigenvalue weighted by Gasteiger charge is 2.42. The van der Waals surface area contributed by atoms with Gasteiger partial charge in [0.05, 0.1) is 23.0 Å². The van der Waals surface area contributed by atoms with Crippen LogP contribution in [0.2, 0.25) is 0 Å². The van der Waals surface area contributed by atoms with Gasteiger partial charge < -0.3 is 20.5 Å². The quantitative estimate of drug-likeness (QED) is 0.303. The Bertz CT molecular complexity index is 792. The van der Waals surface area contributed by atoms with Crippen molar-refractivity contribution in [2.24, 2.45) is 10.4 Å². The average Bonchev–Trinajstić information content (AvgIpc) is 3.32. The Kier molecular flexibility index (Phi) is 8.73. The van der Waals surface area contributed by atoms with Crippen LogP contribution < -0.4 is 10.6 Å². The molecule has 0 atom stereocenters. The van der Waals surface area contributed by atoms with Crippen molar-refractivity contribution in [3.63, 3.8) is 0 Å². The van der Waals surface area contributed by atoms with Crippen LogP contribution in [0.15, 0.2) is 29.3 Å². The average molecular weight is 512 g/mol. The smallest absolute Gasteiger partial charge is 0.230 e. The molecule has 0 aliphatic heterocycles. The SMILES string of the molecule is CCNC(=NCC1(C(=O)N(C)C)CCCC1)NCCc1nc2ccccc2[nH]1.I. The molecule has 0 bridgehead atoms. The summed E-state index contributed by atoms with van der Waals surface area (Å²) < 4.78 is 0. The van der Waals surface area contributed by atoms with Crippen molar-refractivity contribution in [1.82, 2.24) is 25.5 Å². The van der Waals surface area contributed by atoms with Gasteiger partial charge in [-0.25, -0.2) is 4.98 Å². The van der Waals surface area contributed by atoms with Crippen LogP contribution in [0.4, 0.5) is 0 Å². The van der Waals surface area contributed by atoms with Gasteiger partial charge in [-0.1, -0.05) is 25.0 Å². The monoisotopic (exact) mass is 512 g/mol. The van der Waals surface area contributed by atoms with E-state index >= 15 is 0 Å². The van der Waals surface area contributed by atoms with Crippen LogP contribution in [-0.2, 0) is 11.2 Å². The summed E-state index contributed by atoms with van der Waals surface area (Å²) >= 11 is 0. The number of hydrogen-bond donors (Lipinski definition) is 3. The van der Waals surface area contributed by atoms with E-state index in [0.29, 0.717) is 6.54 Å². The van der Waals surface area contributed by atoms with Gasteiger partial charge >= 0.3 is 0 Å². The molecular weight excluding hydrogens is 479 g/mol. The molecule has 1 aliphatic rings. The van der Waals surface area contributed by atoms with Gasteiger partial charge in [-0.05, 0) is 31.9 Å². The molecule has 0 spiro atoms. The number of amides is 1. The molecule has 1 saturated carbocycles. The first-order valence-corrected chi connectivity index (χ1v) is 10.2. The van der Waals surface area contributed by atoms with Crippen molar-refractivity contribution in [2.75, 3.05) is 33.7 Å². The molecule has 1 amide bonds. The minimum absolute atomic E-state index is 0. The van der Waals surface area contributed by atoms with E-state index in [9.17, 15) is 4.79 Å². The largest absolute Gasteiger partial charge is 0.357 e. The van der Waals surface area contributed by atoms with E-state index in [-0.39, 0.29) is 35.3 Å². The Balaban J connectivity index is 0.00000300. The van der Waals surface area contributed by atoms with Crippen molar-refractivity contribution >= 4 is 46.9 Å². The number of rotatable bonds is 7. The zero-order valence-electron chi connectivity index (χ0n) is 17.6. The van der Waals surface area contributed by atoms with Gasteiger partial charge in [0.15, 0.2) is 5.96 Å². The van der Waals surface area contributed by atoms with Crippen LogP contribution in [0.5, 0.6) is 0 Å². The number of para-hydroxylation sites is 2. The number of H-pyrrole nitrogens is 1. The van der Waals surface area contributed by atoms with E-state index in [1.54, 1.807) is 4.90 Å². The number of fused-ring (bicyclic) bond motifs is 1. The minimum Gasteiger partial charge on any atom is -0.357 e. The second-order valence-electron chi connectivity index (χ2n) is 7.76. The molecule has 0 unspecified atom stereocenters. The Morgan fingerprint density at radius 1 is 1.24 bits per heavy atom. The topological polar surface area (TPSA) is 85.4 Å². The molecule has 29 heavy (non-hydrogen) atoms. The zero-order chi connectivity index (χ0) is 20.0. The predicted molar refractivity (Wildman–Crippen MR) is 129 cm³/mol. The van der Waals surface area contributed by atoms with Gasteiger partial charge in [0, 0.05) is 33.6 Å². The Hall–Kier alpha value is -1.84. The normalized spacial score (nSPS) is 15.8. The first-order chi connectivity index (χ1) is 13.5. The number of nitrogens with one attached hydrogen (secondary N) is 3. The molecule has 1 aliphatic carbocycles. The molecule has 1 heterocycles. The second-order valence-corrected chi connectivity index (χ2v) is 7.76. The number of nitrogens with zero attached hydrogens (tertiary/aromatic N) is 3. The fraction of sp³-hybridized carbons (Fsp3) is 0.571. The molecule has 0 radical (unpaired) electrons. The lowest BCUT2D eigenvalue weighted by Crippen LogP contribution is -2.43. The van der Waals surface area contributed by atoms with E-state index in [1.165, 1.54) is 0 Å². The molecule has 1 fully saturated rings. The number of carbonyl (C=O) groups is 1. The molecule has 1 aromatic heterocycles. The van der Waals surface area contributed by atoms with Crippen molar-refractivity contribution in [1.29, 1.82) is 0 Å². The third-order valence-corrected chi connectivity index (χ3v) is 5.40. The molecule has 160 valence electrons. The van der Waals surface area contributed by atoms with E-state index in [0.717, 1.165) is 68.0 Å². The van der Waals surface area contributed by atoms with E-state index in [2.05, 4.69) is 20.6 Å². The number of hydrogen-bond acceptors (Lipinski definition) is 3. The van der Waals surface area contributed by atoms with Crippen LogP contribution in [-0.4, -0.2) is 60.5 Å². The number of guanidine groups is 1. The maximum atomic E-state index is 12.7. The van der Waals surface area contributed by atoms with Crippen LogP contribution >= 0.6 is 24.0 Å². The fourth-order valence-corrected chi connectivity index (χ4v) is 3.96. The van der Waals surface area contributed by atoms with Crippen LogP contribution in [0.1, 0.15) is 38.4 Å². The molecule has 2 aromatic rings. The number of halogens is 1. The minimum atomic E-state index is -0.343. The molecule has 7 nitrogen and oxygen atoms in total. The third kappa shape index (κ3) is 5.83. The van der Waals surface area contributed by atoms with E-state index in [1.807, 2.05) is 45.3 Å². The highest BCUT2D eigenvalue weighted by Crippen LogP contribution is 2.39. The highest BCUT2D eigenvalue weighted by molar-refractivity contribution is 14.0. The zero-order valence-corrected chi connectivity index (χ0v) is 20.0. The lowest BCUT2D eigenvalue weighted by atomic mass is 9.85. The van der Waals surface area contributed by atoms with Gasteiger partial charge in [0.2, 0.25) is 5.91 Å². The Labute approximate surface area is 190 Å². The van der Waals surface area contributed by atoms with E-state index in [4.69, 9.17) is 4.99 Å². The number of carbonyl (C=O) groups excluding carboxylic acids is 1. The summed E-state index contributed by atoms with van der Waals surface area (Å²) in [6.45, 7) is 4.09. The number of aromatic amines is 1. The van der Waals surface area contributed by atoms with Crippen LogP contribution in [0.3, 0.4) is 0 Å². The standard InChI is InChI=1S/C21H32N6O.HI/c1-4-22-20(24-15-21(12-7-8-13-21)19(28)27(2)3)23-14-11-18-25-16-9-5-6-10-17(16)26-18;/h5-6,9-10H,4,7-8,11-15H2,1-3H3,(H,25,26)(H2,22,23,24);1H. The van der Waals surface area contributed by atoms with Crippen molar-refractivity contribution in [3.8, 4) is 0 Å². The molecule has 0 saturated heterocycles. The summed E-state index contributed by atoms with van der Waals surface area (Å²) in [6, 6.07) is 8.05. The van der Waals surface area contributed by atoms with Gasteiger partial charge in [-0.3, -0.25) is 9.79 Å².